The molecular weight excluding hydrogens is 254 g/mol. The lowest BCUT2D eigenvalue weighted by molar-refractivity contribution is 0.0639. The van der Waals surface area contributed by atoms with Crippen LogP contribution in [0.4, 0.5) is 0 Å². The quantitative estimate of drug-likeness (QED) is 0.737. The lowest BCUT2D eigenvalue weighted by Crippen LogP contribution is -2.37. The van der Waals surface area contributed by atoms with Crippen molar-refractivity contribution in [3.05, 3.63) is 30.3 Å². The van der Waals surface area contributed by atoms with E-state index in [1.165, 1.54) is 0 Å². The molecule has 0 unspecified atom stereocenters. The fourth-order valence-corrected chi connectivity index (χ4v) is 2.42. The zero-order valence-corrected chi connectivity index (χ0v) is 12.0. The number of aliphatic hydroxyl groups excluding tert-OH is 1. The van der Waals surface area contributed by atoms with Crippen molar-refractivity contribution < 1.29 is 14.6 Å². The SMILES string of the molecule is OCC1CCN(CCOCCOc2ccccc2)CC1. The smallest absolute Gasteiger partial charge is 0.119 e. The summed E-state index contributed by atoms with van der Waals surface area (Å²) in [6.45, 7) is 5.44. The highest BCUT2D eigenvalue weighted by Gasteiger charge is 2.17. The number of nitrogens with zero attached hydrogens (tertiary/aromatic N) is 1. The highest BCUT2D eigenvalue weighted by Crippen LogP contribution is 2.15. The van der Waals surface area contributed by atoms with Gasteiger partial charge in [-0.3, -0.25) is 0 Å². The molecule has 1 aromatic carbocycles. The molecule has 0 radical (unpaired) electrons. The zero-order chi connectivity index (χ0) is 14.0. The minimum absolute atomic E-state index is 0.334. The first kappa shape index (κ1) is 15.3. The lowest BCUT2D eigenvalue weighted by atomic mass is 9.98. The van der Waals surface area contributed by atoms with Crippen molar-refractivity contribution in [2.45, 2.75) is 12.8 Å². The van der Waals surface area contributed by atoms with Crippen molar-refractivity contribution in [2.24, 2.45) is 5.92 Å². The predicted octanol–water partition coefficient (Wildman–Crippen LogP) is 1.79. The van der Waals surface area contributed by atoms with Crippen molar-refractivity contribution in [1.29, 1.82) is 0 Å². The maximum Gasteiger partial charge on any atom is 0.119 e. The molecule has 4 heteroatoms. The number of hydrogen-bond acceptors (Lipinski definition) is 4. The number of ether oxygens (including phenoxy) is 2. The van der Waals surface area contributed by atoms with E-state index < -0.39 is 0 Å². The van der Waals surface area contributed by atoms with E-state index in [1.807, 2.05) is 30.3 Å². The molecule has 112 valence electrons. The molecule has 1 N–H and O–H groups in total. The number of likely N-dealkylation sites (tertiary alicyclic amines) is 1. The molecule has 20 heavy (non-hydrogen) atoms. The Labute approximate surface area is 121 Å². The Morgan fingerprint density at radius 3 is 2.50 bits per heavy atom. The van der Waals surface area contributed by atoms with E-state index in [9.17, 15) is 0 Å². The molecule has 4 nitrogen and oxygen atoms in total. The van der Waals surface area contributed by atoms with Crippen LogP contribution in [0.2, 0.25) is 0 Å². The van der Waals surface area contributed by atoms with Gasteiger partial charge < -0.3 is 19.5 Å². The maximum absolute atomic E-state index is 9.09. The Morgan fingerprint density at radius 2 is 1.80 bits per heavy atom. The van der Waals surface area contributed by atoms with E-state index in [-0.39, 0.29) is 0 Å². The van der Waals surface area contributed by atoms with Crippen LogP contribution in [0.3, 0.4) is 0 Å². The second-order valence-electron chi connectivity index (χ2n) is 5.24. The van der Waals surface area contributed by atoms with Gasteiger partial charge in [-0.15, -0.1) is 0 Å². The first-order chi connectivity index (χ1) is 9.88. The summed E-state index contributed by atoms with van der Waals surface area (Å²) in [6, 6.07) is 9.80. The van der Waals surface area contributed by atoms with Gasteiger partial charge in [0.25, 0.3) is 0 Å². The van der Waals surface area contributed by atoms with Crippen LogP contribution in [0.15, 0.2) is 30.3 Å². The van der Waals surface area contributed by atoms with Gasteiger partial charge in [-0.1, -0.05) is 18.2 Å². The van der Waals surface area contributed by atoms with Crippen molar-refractivity contribution >= 4 is 0 Å². The monoisotopic (exact) mass is 279 g/mol. The van der Waals surface area contributed by atoms with Gasteiger partial charge in [0.05, 0.1) is 13.2 Å². The maximum atomic E-state index is 9.09. The van der Waals surface area contributed by atoms with Crippen LogP contribution >= 0.6 is 0 Å². The molecule has 1 saturated heterocycles. The van der Waals surface area contributed by atoms with Gasteiger partial charge in [0.1, 0.15) is 12.4 Å². The Hall–Kier alpha value is -1.10. The largest absolute Gasteiger partial charge is 0.491 e. The molecule has 1 fully saturated rings. The summed E-state index contributed by atoms with van der Waals surface area (Å²) in [7, 11) is 0. The molecule has 1 heterocycles. The molecule has 2 rings (SSSR count). The van der Waals surface area contributed by atoms with Crippen LogP contribution in [-0.2, 0) is 4.74 Å². The summed E-state index contributed by atoms with van der Waals surface area (Å²) < 4.78 is 11.2. The normalized spacial score (nSPS) is 17.2. The minimum atomic E-state index is 0.334. The molecule has 1 aliphatic heterocycles. The molecule has 0 bridgehead atoms. The lowest BCUT2D eigenvalue weighted by Gasteiger charge is -2.30. The van der Waals surface area contributed by atoms with Crippen molar-refractivity contribution in [2.75, 3.05) is 46.1 Å². The van der Waals surface area contributed by atoms with Crippen LogP contribution in [-0.4, -0.2) is 56.1 Å². The second kappa shape index (κ2) is 8.95. The Morgan fingerprint density at radius 1 is 1.05 bits per heavy atom. The number of rotatable bonds is 8. The van der Waals surface area contributed by atoms with Crippen molar-refractivity contribution in [3.63, 3.8) is 0 Å². The van der Waals surface area contributed by atoms with E-state index in [4.69, 9.17) is 14.6 Å². The van der Waals surface area contributed by atoms with E-state index >= 15 is 0 Å². The van der Waals surface area contributed by atoms with Crippen molar-refractivity contribution in [3.8, 4) is 5.75 Å². The third kappa shape index (κ3) is 5.49. The Kier molecular flexibility index (Phi) is 6.84. The molecule has 1 aromatic rings. The van der Waals surface area contributed by atoms with E-state index in [0.29, 0.717) is 25.7 Å². The average Bonchev–Trinajstić information content (AvgIpc) is 2.52. The van der Waals surface area contributed by atoms with Crippen LogP contribution in [0.5, 0.6) is 5.75 Å². The Bertz CT molecular complexity index is 350. The number of hydrogen-bond donors (Lipinski definition) is 1. The molecule has 1 aliphatic rings. The second-order valence-corrected chi connectivity index (χ2v) is 5.24. The summed E-state index contributed by atoms with van der Waals surface area (Å²) in [5.41, 5.74) is 0. The molecule has 0 atom stereocenters. The number of benzene rings is 1. The summed E-state index contributed by atoms with van der Waals surface area (Å²) in [5, 5.41) is 9.09. The summed E-state index contributed by atoms with van der Waals surface area (Å²) in [4.78, 5) is 2.41. The van der Waals surface area contributed by atoms with E-state index in [2.05, 4.69) is 4.90 Å². The van der Waals surface area contributed by atoms with Crippen LogP contribution in [0.25, 0.3) is 0 Å². The third-order valence-corrected chi connectivity index (χ3v) is 3.76. The van der Waals surface area contributed by atoms with Gasteiger partial charge in [0.15, 0.2) is 0 Å². The topological polar surface area (TPSA) is 41.9 Å². The van der Waals surface area contributed by atoms with Crippen LogP contribution in [0, 0.1) is 5.92 Å². The Balaban J connectivity index is 1.46. The van der Waals surface area contributed by atoms with Gasteiger partial charge in [-0.05, 0) is 44.0 Å². The van der Waals surface area contributed by atoms with Gasteiger partial charge >= 0.3 is 0 Å². The van der Waals surface area contributed by atoms with E-state index in [0.717, 1.165) is 44.8 Å². The standard InChI is InChI=1S/C16H25NO3/c18-14-15-6-8-17(9-7-15)10-11-19-12-13-20-16-4-2-1-3-5-16/h1-5,15,18H,6-14H2. The predicted molar refractivity (Wildman–Crippen MR) is 79.0 cm³/mol. The molecular formula is C16H25NO3. The summed E-state index contributed by atoms with van der Waals surface area (Å²) >= 11 is 0. The third-order valence-electron chi connectivity index (χ3n) is 3.76. The minimum Gasteiger partial charge on any atom is -0.491 e. The summed E-state index contributed by atoms with van der Waals surface area (Å²) in [5.74, 6) is 1.40. The van der Waals surface area contributed by atoms with E-state index in [1.54, 1.807) is 0 Å². The molecule has 0 amide bonds. The highest BCUT2D eigenvalue weighted by atomic mass is 16.5. The summed E-state index contributed by atoms with van der Waals surface area (Å²) in [6.07, 6.45) is 2.21. The van der Waals surface area contributed by atoms with Crippen LogP contribution in [0.1, 0.15) is 12.8 Å². The number of piperidine rings is 1. The molecule has 0 saturated carbocycles. The van der Waals surface area contributed by atoms with Crippen molar-refractivity contribution in [1.82, 2.24) is 4.90 Å². The number of aliphatic hydroxyl groups is 1. The first-order valence-corrected chi connectivity index (χ1v) is 7.47. The molecule has 0 aromatic heterocycles. The van der Waals surface area contributed by atoms with Gasteiger partial charge in [0, 0.05) is 13.2 Å². The fraction of sp³-hybridized carbons (Fsp3) is 0.625. The number of para-hydroxylation sites is 1. The first-order valence-electron chi connectivity index (χ1n) is 7.47. The van der Waals surface area contributed by atoms with Crippen LogP contribution < -0.4 is 4.74 Å². The van der Waals surface area contributed by atoms with Gasteiger partial charge in [-0.2, -0.15) is 0 Å². The van der Waals surface area contributed by atoms with Gasteiger partial charge in [-0.25, -0.2) is 0 Å². The molecule has 0 aliphatic carbocycles. The average molecular weight is 279 g/mol. The zero-order valence-electron chi connectivity index (χ0n) is 12.0. The highest BCUT2D eigenvalue weighted by molar-refractivity contribution is 5.20. The fourth-order valence-electron chi connectivity index (χ4n) is 2.42. The van der Waals surface area contributed by atoms with Gasteiger partial charge in [0.2, 0.25) is 0 Å². The molecule has 0 spiro atoms.